The van der Waals surface area contributed by atoms with Gasteiger partial charge in [-0.1, -0.05) is 43.1 Å². The van der Waals surface area contributed by atoms with E-state index in [0.29, 0.717) is 31.8 Å². The minimum Gasteiger partial charge on any atom is -0.309 e. The molecule has 6 heteroatoms. The maximum Gasteiger partial charge on any atom is 0.264 e. The van der Waals surface area contributed by atoms with Crippen LogP contribution in [-0.2, 0) is 12.8 Å². The van der Waals surface area contributed by atoms with Crippen LogP contribution in [0.3, 0.4) is 0 Å². The van der Waals surface area contributed by atoms with Crippen molar-refractivity contribution in [3.63, 3.8) is 0 Å². The van der Waals surface area contributed by atoms with Crippen molar-refractivity contribution >= 4 is 45.8 Å². The van der Waals surface area contributed by atoms with Crippen LogP contribution >= 0.6 is 45.8 Å². The number of aromatic amines is 1. The maximum atomic E-state index is 12.0. The molecule has 0 fully saturated rings. The summed E-state index contributed by atoms with van der Waals surface area (Å²) in [4.78, 5) is 19.4. The lowest BCUT2D eigenvalue weighted by Crippen LogP contribution is -2.19. The van der Waals surface area contributed by atoms with Gasteiger partial charge in [0.1, 0.15) is 5.82 Å². The first-order valence-electron chi connectivity index (χ1n) is 6.58. The topological polar surface area (TPSA) is 45.8 Å². The molecule has 2 aromatic rings. The molecular formula is C15H15Cl2IN2O. The van der Waals surface area contributed by atoms with Crippen molar-refractivity contribution in [3.8, 4) is 0 Å². The SMILES string of the molecule is CC(C)Cc1nc(Cc2ccc(Cl)c(Cl)c2)[nH]c(=O)c1I. The molecule has 3 nitrogen and oxygen atoms in total. The van der Waals surface area contributed by atoms with Gasteiger partial charge in [-0.3, -0.25) is 4.79 Å². The van der Waals surface area contributed by atoms with Crippen LogP contribution in [0.2, 0.25) is 10.0 Å². The zero-order valence-corrected chi connectivity index (χ0v) is 15.4. The molecular weight excluding hydrogens is 422 g/mol. The minimum absolute atomic E-state index is 0.0867. The van der Waals surface area contributed by atoms with E-state index in [1.165, 1.54) is 0 Å². The van der Waals surface area contributed by atoms with Gasteiger partial charge < -0.3 is 4.98 Å². The Morgan fingerprint density at radius 1 is 1.29 bits per heavy atom. The highest BCUT2D eigenvalue weighted by Gasteiger charge is 2.11. The summed E-state index contributed by atoms with van der Waals surface area (Å²) in [6, 6.07) is 5.43. The molecule has 0 aliphatic heterocycles. The van der Waals surface area contributed by atoms with Gasteiger partial charge in [-0.05, 0) is 52.6 Å². The molecule has 0 radical (unpaired) electrons. The van der Waals surface area contributed by atoms with Gasteiger partial charge in [0.2, 0.25) is 0 Å². The van der Waals surface area contributed by atoms with Crippen molar-refractivity contribution in [2.75, 3.05) is 0 Å². The molecule has 0 aliphatic carbocycles. The molecule has 112 valence electrons. The Labute approximate surface area is 147 Å². The second kappa shape index (κ2) is 7.11. The molecule has 2 rings (SSSR count). The molecule has 1 aromatic heterocycles. The first-order chi connectivity index (χ1) is 9.86. The molecule has 0 atom stereocenters. The number of nitrogens with one attached hydrogen (secondary N) is 1. The minimum atomic E-state index is -0.0867. The summed E-state index contributed by atoms with van der Waals surface area (Å²) in [6.45, 7) is 4.22. The Balaban J connectivity index is 2.33. The molecule has 0 aliphatic rings. The Bertz CT molecular complexity index is 713. The third-order valence-corrected chi connectivity index (χ3v) is 4.79. The number of hydrogen-bond donors (Lipinski definition) is 1. The Morgan fingerprint density at radius 3 is 2.62 bits per heavy atom. The molecule has 1 aromatic carbocycles. The van der Waals surface area contributed by atoms with Crippen LogP contribution < -0.4 is 5.56 Å². The van der Waals surface area contributed by atoms with E-state index < -0.39 is 0 Å². The van der Waals surface area contributed by atoms with Crippen molar-refractivity contribution in [2.45, 2.75) is 26.7 Å². The van der Waals surface area contributed by atoms with Crippen molar-refractivity contribution in [3.05, 3.63) is 59.3 Å². The van der Waals surface area contributed by atoms with Gasteiger partial charge in [-0.25, -0.2) is 4.98 Å². The molecule has 0 spiro atoms. The average molecular weight is 437 g/mol. The lowest BCUT2D eigenvalue weighted by Gasteiger charge is -2.09. The summed E-state index contributed by atoms with van der Waals surface area (Å²) < 4.78 is 0.666. The number of halogens is 3. The summed E-state index contributed by atoms with van der Waals surface area (Å²) in [6.07, 6.45) is 1.31. The highest BCUT2D eigenvalue weighted by molar-refractivity contribution is 14.1. The van der Waals surface area contributed by atoms with Crippen LogP contribution in [-0.4, -0.2) is 9.97 Å². The lowest BCUT2D eigenvalue weighted by molar-refractivity contribution is 0.626. The van der Waals surface area contributed by atoms with Crippen LogP contribution in [0.5, 0.6) is 0 Å². The highest BCUT2D eigenvalue weighted by atomic mass is 127. The highest BCUT2D eigenvalue weighted by Crippen LogP contribution is 2.23. The maximum absolute atomic E-state index is 12.0. The van der Waals surface area contributed by atoms with E-state index in [1.807, 2.05) is 6.07 Å². The predicted octanol–water partition coefficient (Wildman–Crippen LogP) is 4.47. The molecule has 0 saturated carbocycles. The summed E-state index contributed by atoms with van der Waals surface area (Å²) in [5, 5.41) is 1.02. The molecule has 0 amide bonds. The fourth-order valence-corrected chi connectivity index (χ4v) is 2.80. The summed E-state index contributed by atoms with van der Waals surface area (Å²) >= 11 is 14.0. The largest absolute Gasteiger partial charge is 0.309 e. The number of hydrogen-bond acceptors (Lipinski definition) is 2. The van der Waals surface area contributed by atoms with E-state index in [9.17, 15) is 4.79 Å². The zero-order chi connectivity index (χ0) is 15.6. The Hall–Kier alpha value is -0.590. The molecule has 0 bridgehead atoms. The quantitative estimate of drug-likeness (QED) is 0.718. The number of H-pyrrole nitrogens is 1. The molecule has 0 saturated heterocycles. The molecule has 0 unspecified atom stereocenters. The van der Waals surface area contributed by atoms with E-state index in [-0.39, 0.29) is 5.56 Å². The average Bonchev–Trinajstić information content (AvgIpc) is 2.39. The van der Waals surface area contributed by atoms with E-state index >= 15 is 0 Å². The van der Waals surface area contributed by atoms with E-state index in [1.54, 1.807) is 12.1 Å². The fourth-order valence-electron chi connectivity index (χ4n) is 2.01. The zero-order valence-electron chi connectivity index (χ0n) is 11.7. The second-order valence-corrected chi connectivity index (χ2v) is 7.19. The second-order valence-electron chi connectivity index (χ2n) is 5.30. The third-order valence-electron chi connectivity index (χ3n) is 2.94. The number of nitrogens with zero attached hydrogens (tertiary/aromatic N) is 1. The number of rotatable bonds is 4. The standard InChI is InChI=1S/C15H15Cl2IN2O/c1-8(2)5-12-14(18)15(21)20-13(19-12)7-9-3-4-10(16)11(17)6-9/h3-4,6,8H,5,7H2,1-2H3,(H,19,20,21). The van der Waals surface area contributed by atoms with Gasteiger partial charge in [0, 0.05) is 6.42 Å². The fraction of sp³-hybridized carbons (Fsp3) is 0.333. The summed E-state index contributed by atoms with van der Waals surface area (Å²) in [5.74, 6) is 1.10. The van der Waals surface area contributed by atoms with Gasteiger partial charge in [0.25, 0.3) is 5.56 Å². The van der Waals surface area contributed by atoms with E-state index in [0.717, 1.165) is 17.7 Å². The first kappa shape index (κ1) is 16.8. The van der Waals surface area contributed by atoms with Crippen LogP contribution in [0.15, 0.2) is 23.0 Å². The predicted molar refractivity (Wildman–Crippen MR) is 95.4 cm³/mol. The Morgan fingerprint density at radius 2 is 2.00 bits per heavy atom. The van der Waals surface area contributed by atoms with Crippen LogP contribution in [0.1, 0.15) is 30.9 Å². The number of benzene rings is 1. The van der Waals surface area contributed by atoms with Gasteiger partial charge in [0.05, 0.1) is 19.3 Å². The Kier molecular flexibility index (Phi) is 5.68. The van der Waals surface area contributed by atoms with Crippen LogP contribution in [0.4, 0.5) is 0 Å². The van der Waals surface area contributed by atoms with Crippen molar-refractivity contribution in [2.24, 2.45) is 5.92 Å². The summed E-state index contributed by atoms with van der Waals surface area (Å²) in [7, 11) is 0. The summed E-state index contributed by atoms with van der Waals surface area (Å²) in [5.41, 5.74) is 1.73. The molecule has 21 heavy (non-hydrogen) atoms. The van der Waals surface area contributed by atoms with Gasteiger partial charge >= 0.3 is 0 Å². The first-order valence-corrected chi connectivity index (χ1v) is 8.41. The molecule has 1 N–H and O–H groups in total. The van der Waals surface area contributed by atoms with E-state index in [2.05, 4.69) is 46.4 Å². The van der Waals surface area contributed by atoms with Gasteiger partial charge in [-0.15, -0.1) is 0 Å². The lowest BCUT2D eigenvalue weighted by atomic mass is 10.1. The van der Waals surface area contributed by atoms with Crippen molar-refractivity contribution in [1.82, 2.24) is 9.97 Å². The van der Waals surface area contributed by atoms with Crippen molar-refractivity contribution in [1.29, 1.82) is 0 Å². The molecule has 1 heterocycles. The third kappa shape index (κ3) is 4.44. The van der Waals surface area contributed by atoms with Crippen molar-refractivity contribution < 1.29 is 0 Å². The normalized spacial score (nSPS) is 11.1. The monoisotopic (exact) mass is 436 g/mol. The van der Waals surface area contributed by atoms with E-state index in [4.69, 9.17) is 23.2 Å². The smallest absolute Gasteiger partial charge is 0.264 e. The van der Waals surface area contributed by atoms with Crippen LogP contribution in [0.25, 0.3) is 0 Å². The van der Waals surface area contributed by atoms with Gasteiger partial charge in [0.15, 0.2) is 0 Å². The van der Waals surface area contributed by atoms with Gasteiger partial charge in [-0.2, -0.15) is 0 Å². The number of aromatic nitrogens is 2. The van der Waals surface area contributed by atoms with Crippen LogP contribution in [0, 0.1) is 9.49 Å².